The molecule has 0 aromatic heterocycles. The van der Waals surface area contributed by atoms with Crippen LogP contribution in [0.25, 0.3) is 0 Å². The van der Waals surface area contributed by atoms with Crippen LogP contribution in [0.1, 0.15) is 37.0 Å². The zero-order valence-electron chi connectivity index (χ0n) is 25.1. The summed E-state index contributed by atoms with van der Waals surface area (Å²) in [6, 6.07) is 13.5. The normalized spacial score (nSPS) is 11.9. The van der Waals surface area contributed by atoms with Crippen LogP contribution in [0.4, 0.5) is 5.69 Å². The fourth-order valence-electron chi connectivity index (χ4n) is 4.56. The molecule has 0 radical (unpaired) electrons. The maximum absolute atomic E-state index is 14.2. The Bertz CT molecular complexity index is 1540. The maximum Gasteiger partial charge on any atom is 0.264 e. The Balaban J connectivity index is 2.13. The lowest BCUT2D eigenvalue weighted by Crippen LogP contribution is -2.51. The fourth-order valence-corrected chi connectivity index (χ4v) is 6.49. The molecule has 9 nitrogen and oxygen atoms in total. The number of halogens is 2. The van der Waals surface area contributed by atoms with E-state index in [1.54, 1.807) is 37.3 Å². The van der Waals surface area contributed by atoms with Gasteiger partial charge in [-0.3, -0.25) is 13.9 Å². The van der Waals surface area contributed by atoms with Crippen molar-refractivity contribution in [3.63, 3.8) is 0 Å². The number of hydrogen-bond acceptors (Lipinski definition) is 6. The number of rotatable bonds is 13. The first-order valence-corrected chi connectivity index (χ1v) is 15.9. The van der Waals surface area contributed by atoms with Crippen molar-refractivity contribution in [2.75, 3.05) is 31.6 Å². The second-order valence-electron chi connectivity index (χ2n) is 10.1. The number of nitrogens with one attached hydrogen (secondary N) is 1. The van der Waals surface area contributed by atoms with Crippen LogP contribution in [0.15, 0.2) is 59.5 Å². The predicted molar refractivity (Wildman–Crippen MR) is 170 cm³/mol. The van der Waals surface area contributed by atoms with Crippen LogP contribution in [-0.2, 0) is 26.2 Å². The molecular formula is C31H37Cl2N3O6S. The van der Waals surface area contributed by atoms with Crippen LogP contribution < -0.4 is 19.1 Å². The molecule has 0 aliphatic carbocycles. The summed E-state index contributed by atoms with van der Waals surface area (Å²) in [5.41, 5.74) is 2.35. The standard InChI is InChI=1S/C31H37Cl2N3O6S/c1-7-13-34-31(38)22(4)35(18-25-26(32)9-8-10-27(25)33)30(37)19-36(23-15-20(2)14-21(3)16-23)43(39,40)24-11-12-28(41-5)29(17-24)42-6/h8-12,14-17,22H,7,13,18-19H2,1-6H3,(H,34,38)/t22-/m0/s1. The third-order valence-electron chi connectivity index (χ3n) is 6.82. The smallest absolute Gasteiger partial charge is 0.264 e. The minimum absolute atomic E-state index is 0.105. The highest BCUT2D eigenvalue weighted by molar-refractivity contribution is 7.92. The van der Waals surface area contributed by atoms with Crippen molar-refractivity contribution < 1.29 is 27.5 Å². The number of amides is 2. The second kappa shape index (κ2) is 14.8. The number of aryl methyl sites for hydroxylation is 2. The molecule has 0 bridgehead atoms. The molecule has 0 spiro atoms. The summed E-state index contributed by atoms with van der Waals surface area (Å²) in [4.78, 5) is 28.4. The Hall–Kier alpha value is -3.47. The van der Waals surface area contributed by atoms with Crippen molar-refractivity contribution in [1.29, 1.82) is 0 Å². The van der Waals surface area contributed by atoms with E-state index < -0.39 is 28.5 Å². The molecular weight excluding hydrogens is 613 g/mol. The summed E-state index contributed by atoms with van der Waals surface area (Å²) >= 11 is 12.9. The molecule has 3 rings (SSSR count). The minimum Gasteiger partial charge on any atom is -0.493 e. The van der Waals surface area contributed by atoms with Gasteiger partial charge >= 0.3 is 0 Å². The van der Waals surface area contributed by atoms with Gasteiger partial charge in [-0.1, -0.05) is 42.3 Å². The first kappa shape index (κ1) is 34.0. The summed E-state index contributed by atoms with van der Waals surface area (Å²) in [7, 11) is -1.47. The van der Waals surface area contributed by atoms with E-state index in [1.165, 1.54) is 37.3 Å². The topological polar surface area (TPSA) is 105 Å². The second-order valence-corrected chi connectivity index (χ2v) is 12.7. The molecule has 3 aromatic rings. The molecule has 232 valence electrons. The van der Waals surface area contributed by atoms with Crippen molar-refractivity contribution in [2.45, 2.75) is 51.6 Å². The number of ether oxygens (including phenoxy) is 2. The Morgan fingerprint density at radius 2 is 1.53 bits per heavy atom. The maximum atomic E-state index is 14.2. The van der Waals surface area contributed by atoms with Crippen LogP contribution >= 0.6 is 23.2 Å². The Morgan fingerprint density at radius 1 is 0.930 bits per heavy atom. The average Bonchev–Trinajstić information content (AvgIpc) is 2.96. The van der Waals surface area contributed by atoms with Gasteiger partial charge in [-0.15, -0.1) is 0 Å². The lowest BCUT2D eigenvalue weighted by atomic mass is 10.1. The van der Waals surface area contributed by atoms with Crippen LogP contribution in [0.2, 0.25) is 10.0 Å². The molecule has 0 unspecified atom stereocenters. The zero-order valence-corrected chi connectivity index (χ0v) is 27.4. The molecule has 43 heavy (non-hydrogen) atoms. The average molecular weight is 651 g/mol. The molecule has 0 saturated carbocycles. The largest absolute Gasteiger partial charge is 0.493 e. The molecule has 0 aliphatic rings. The summed E-state index contributed by atoms with van der Waals surface area (Å²) in [6.07, 6.45) is 0.701. The van der Waals surface area contributed by atoms with E-state index in [1.807, 2.05) is 26.8 Å². The number of benzene rings is 3. The molecule has 0 saturated heterocycles. The van der Waals surface area contributed by atoms with E-state index in [9.17, 15) is 18.0 Å². The van der Waals surface area contributed by atoms with Gasteiger partial charge in [0.15, 0.2) is 11.5 Å². The zero-order chi connectivity index (χ0) is 31.9. The number of hydrogen-bond donors (Lipinski definition) is 1. The van der Waals surface area contributed by atoms with Gasteiger partial charge in [-0.25, -0.2) is 8.42 Å². The molecule has 0 fully saturated rings. The first-order valence-electron chi connectivity index (χ1n) is 13.7. The molecule has 1 atom stereocenters. The van der Waals surface area contributed by atoms with Gasteiger partial charge in [0.1, 0.15) is 12.6 Å². The van der Waals surface area contributed by atoms with E-state index in [0.717, 1.165) is 15.4 Å². The Labute approximate surface area is 263 Å². The lowest BCUT2D eigenvalue weighted by molar-refractivity contribution is -0.139. The summed E-state index contributed by atoms with van der Waals surface area (Å²) in [6.45, 7) is 6.87. The molecule has 1 N–H and O–H groups in total. The van der Waals surface area contributed by atoms with Gasteiger partial charge in [-0.2, -0.15) is 0 Å². The van der Waals surface area contributed by atoms with Crippen LogP contribution in [0.5, 0.6) is 11.5 Å². The van der Waals surface area contributed by atoms with Gasteiger partial charge in [-0.05, 0) is 74.7 Å². The summed E-state index contributed by atoms with van der Waals surface area (Å²) in [5.74, 6) is -0.450. The molecule has 0 heterocycles. The SMILES string of the molecule is CCCNC(=O)[C@H](C)N(Cc1c(Cl)cccc1Cl)C(=O)CN(c1cc(C)cc(C)c1)S(=O)(=O)c1ccc(OC)c(OC)c1. The number of anilines is 1. The molecule has 3 aromatic carbocycles. The number of sulfonamides is 1. The van der Waals surface area contributed by atoms with Crippen molar-refractivity contribution in [1.82, 2.24) is 10.2 Å². The summed E-state index contributed by atoms with van der Waals surface area (Å²) in [5, 5.41) is 3.44. The van der Waals surface area contributed by atoms with Crippen molar-refractivity contribution in [2.24, 2.45) is 0 Å². The Morgan fingerprint density at radius 3 is 2.09 bits per heavy atom. The van der Waals surface area contributed by atoms with Gasteiger partial charge in [0.2, 0.25) is 11.8 Å². The first-order chi connectivity index (χ1) is 20.3. The van der Waals surface area contributed by atoms with Crippen molar-refractivity contribution in [3.05, 3.63) is 81.3 Å². The number of carbonyl (C=O) groups excluding carboxylic acids is 2. The van der Waals surface area contributed by atoms with E-state index >= 15 is 0 Å². The predicted octanol–water partition coefficient (Wildman–Crippen LogP) is 5.77. The number of nitrogens with zero attached hydrogens (tertiary/aromatic N) is 2. The van der Waals surface area contributed by atoms with E-state index in [-0.39, 0.29) is 23.1 Å². The summed E-state index contributed by atoms with van der Waals surface area (Å²) < 4.78 is 40.1. The van der Waals surface area contributed by atoms with Gasteiger partial charge in [0, 0.05) is 34.8 Å². The monoisotopic (exact) mass is 649 g/mol. The van der Waals surface area contributed by atoms with E-state index in [2.05, 4.69) is 5.32 Å². The molecule has 12 heteroatoms. The van der Waals surface area contributed by atoms with Crippen LogP contribution in [-0.4, -0.2) is 58.5 Å². The highest BCUT2D eigenvalue weighted by Crippen LogP contribution is 2.33. The molecule has 0 aliphatic heterocycles. The number of methoxy groups -OCH3 is 2. The van der Waals surface area contributed by atoms with Crippen LogP contribution in [0, 0.1) is 13.8 Å². The van der Waals surface area contributed by atoms with E-state index in [4.69, 9.17) is 32.7 Å². The van der Waals surface area contributed by atoms with Gasteiger partial charge in [0.05, 0.1) is 24.8 Å². The minimum atomic E-state index is -4.33. The fraction of sp³-hybridized carbons (Fsp3) is 0.355. The highest BCUT2D eigenvalue weighted by atomic mass is 35.5. The van der Waals surface area contributed by atoms with Crippen LogP contribution in [0.3, 0.4) is 0 Å². The quantitative estimate of drug-likeness (QED) is 0.252. The van der Waals surface area contributed by atoms with Crippen molar-refractivity contribution in [3.8, 4) is 11.5 Å². The van der Waals surface area contributed by atoms with E-state index in [0.29, 0.717) is 40.0 Å². The van der Waals surface area contributed by atoms with Crippen molar-refractivity contribution >= 4 is 50.7 Å². The number of carbonyl (C=O) groups is 2. The third kappa shape index (κ3) is 8.13. The Kier molecular flexibility index (Phi) is 11.7. The van der Waals surface area contributed by atoms with Gasteiger partial charge < -0.3 is 19.7 Å². The van der Waals surface area contributed by atoms with Gasteiger partial charge in [0.25, 0.3) is 10.0 Å². The highest BCUT2D eigenvalue weighted by Gasteiger charge is 2.33. The third-order valence-corrected chi connectivity index (χ3v) is 9.30. The molecule has 2 amide bonds. The lowest BCUT2D eigenvalue weighted by Gasteiger charge is -2.32.